The van der Waals surface area contributed by atoms with E-state index >= 15 is 0 Å². The van der Waals surface area contributed by atoms with Gasteiger partial charge in [-0.2, -0.15) is 4.39 Å². The topological polar surface area (TPSA) is 9.23 Å². The van der Waals surface area contributed by atoms with Gasteiger partial charge in [0, 0.05) is 5.56 Å². The zero-order chi connectivity index (χ0) is 24.8. The van der Waals surface area contributed by atoms with Crippen LogP contribution in [-0.4, -0.2) is 5.05 Å². The van der Waals surface area contributed by atoms with Crippen LogP contribution in [-0.2, 0) is 0 Å². The minimum absolute atomic E-state index is 0.0863. The second-order valence-electron chi connectivity index (χ2n) is 10.8. The molecule has 0 heterocycles. The van der Waals surface area contributed by atoms with Gasteiger partial charge in [-0.3, -0.25) is 0 Å². The Bertz CT molecular complexity index is 970. The molecular weight excluding hydrogens is 458 g/mol. The van der Waals surface area contributed by atoms with Crippen LogP contribution in [0.25, 0.3) is 0 Å². The first-order valence-electron chi connectivity index (χ1n) is 13.8. The number of hydrogen-bond acceptors (Lipinski definition) is 2. The Balaban J connectivity index is 1.36. The Kier molecular flexibility index (Phi) is 9.33. The normalized spacial score (nSPS) is 24.8. The molecule has 0 N–H and O–H groups in total. The van der Waals surface area contributed by atoms with Crippen LogP contribution in [0.3, 0.4) is 0 Å². The molecule has 0 amide bonds. The van der Waals surface area contributed by atoms with Crippen LogP contribution in [0.5, 0.6) is 5.75 Å². The van der Waals surface area contributed by atoms with Gasteiger partial charge < -0.3 is 4.74 Å². The second-order valence-corrected chi connectivity index (χ2v) is 11.2. The molecule has 0 aliphatic heterocycles. The van der Waals surface area contributed by atoms with Crippen molar-refractivity contribution in [1.82, 2.24) is 0 Å². The molecule has 0 spiro atoms. The van der Waals surface area contributed by atoms with Crippen molar-refractivity contribution in [2.24, 2.45) is 11.8 Å². The quantitative estimate of drug-likeness (QED) is 0.335. The first kappa shape index (κ1) is 26.3. The van der Waals surface area contributed by atoms with E-state index < -0.39 is 11.6 Å². The predicted molar refractivity (Wildman–Crippen MR) is 144 cm³/mol. The van der Waals surface area contributed by atoms with Crippen molar-refractivity contribution < 1.29 is 13.5 Å². The number of benzene rings is 2. The number of thiocarbonyl (C=S) groups is 1. The Morgan fingerprint density at radius 2 is 1.29 bits per heavy atom. The summed E-state index contributed by atoms with van der Waals surface area (Å²) in [5, 5.41) is 0.175. The minimum atomic E-state index is -0.930. The predicted octanol–water partition coefficient (Wildman–Crippen LogP) is 9.87. The number of halogens is 2. The fourth-order valence-electron chi connectivity index (χ4n) is 6.35. The molecule has 2 aromatic rings. The van der Waals surface area contributed by atoms with Crippen LogP contribution in [0.15, 0.2) is 36.4 Å². The van der Waals surface area contributed by atoms with Crippen molar-refractivity contribution in [3.8, 4) is 5.75 Å². The maximum Gasteiger partial charge on any atom is 0.201 e. The van der Waals surface area contributed by atoms with Gasteiger partial charge >= 0.3 is 0 Å². The number of hydrogen-bond donors (Lipinski definition) is 0. The van der Waals surface area contributed by atoms with Crippen molar-refractivity contribution >= 4 is 17.3 Å². The lowest BCUT2D eigenvalue weighted by molar-refractivity contribution is 0.302. The zero-order valence-corrected chi connectivity index (χ0v) is 22.1. The van der Waals surface area contributed by atoms with Gasteiger partial charge in [-0.1, -0.05) is 69.9 Å². The van der Waals surface area contributed by atoms with Crippen molar-refractivity contribution in [2.45, 2.75) is 103 Å². The molecule has 0 atom stereocenters. The van der Waals surface area contributed by atoms with E-state index in [1.165, 1.54) is 56.9 Å². The summed E-state index contributed by atoms with van der Waals surface area (Å²) in [6.45, 7) is 4.47. The molecule has 0 unspecified atom stereocenters. The first-order chi connectivity index (χ1) is 17.0. The lowest BCUT2D eigenvalue weighted by Gasteiger charge is -2.29. The molecule has 35 heavy (non-hydrogen) atoms. The van der Waals surface area contributed by atoms with Gasteiger partial charge in [0.2, 0.25) is 5.82 Å². The molecule has 1 nitrogen and oxygen atoms in total. The van der Waals surface area contributed by atoms with Gasteiger partial charge in [-0.05, 0) is 104 Å². The largest absolute Gasteiger partial charge is 0.442 e. The summed E-state index contributed by atoms with van der Waals surface area (Å²) < 4.78 is 35.6. The second kappa shape index (κ2) is 12.4. The van der Waals surface area contributed by atoms with E-state index in [0.29, 0.717) is 11.5 Å². The Labute approximate surface area is 215 Å². The van der Waals surface area contributed by atoms with Crippen LogP contribution >= 0.6 is 12.2 Å². The van der Waals surface area contributed by atoms with E-state index in [1.54, 1.807) is 12.1 Å². The van der Waals surface area contributed by atoms with Crippen molar-refractivity contribution in [3.05, 3.63) is 64.7 Å². The summed E-state index contributed by atoms with van der Waals surface area (Å²) >= 11 is 5.43. The van der Waals surface area contributed by atoms with Crippen LogP contribution in [0, 0.1) is 23.5 Å². The molecule has 190 valence electrons. The summed E-state index contributed by atoms with van der Waals surface area (Å²) in [6.07, 6.45) is 14.2. The van der Waals surface area contributed by atoms with Gasteiger partial charge in [0.25, 0.3) is 0 Å². The van der Waals surface area contributed by atoms with Gasteiger partial charge in [0.05, 0.1) is 0 Å². The van der Waals surface area contributed by atoms with E-state index in [2.05, 4.69) is 26.0 Å². The van der Waals surface area contributed by atoms with Crippen molar-refractivity contribution in [1.29, 1.82) is 0 Å². The first-order valence-corrected chi connectivity index (χ1v) is 14.2. The molecule has 4 rings (SSSR count). The molecule has 2 aliphatic carbocycles. The molecule has 0 bridgehead atoms. The van der Waals surface area contributed by atoms with E-state index in [1.807, 2.05) is 12.1 Å². The third-order valence-corrected chi connectivity index (χ3v) is 8.74. The van der Waals surface area contributed by atoms with E-state index in [9.17, 15) is 8.78 Å². The van der Waals surface area contributed by atoms with Gasteiger partial charge in [0.1, 0.15) is 0 Å². The summed E-state index contributed by atoms with van der Waals surface area (Å²) in [6, 6.07) is 11.4. The number of ether oxygens (including phenoxy) is 1. The Morgan fingerprint density at radius 1 is 0.743 bits per heavy atom. The van der Waals surface area contributed by atoms with Crippen LogP contribution < -0.4 is 4.74 Å². The Morgan fingerprint density at radius 3 is 1.83 bits per heavy atom. The minimum Gasteiger partial charge on any atom is -0.442 e. The SMILES string of the molecule is CCCC1CCC(c2ccc(C(=S)Oc3ccc(C4CCC(CCC)CC4)c(F)c3F)cc2)CC1. The van der Waals surface area contributed by atoms with E-state index in [-0.39, 0.29) is 16.7 Å². The maximum atomic E-state index is 15.0. The zero-order valence-electron chi connectivity index (χ0n) is 21.3. The highest BCUT2D eigenvalue weighted by atomic mass is 32.1. The highest BCUT2D eigenvalue weighted by molar-refractivity contribution is 7.80. The smallest absolute Gasteiger partial charge is 0.201 e. The monoisotopic (exact) mass is 498 g/mol. The van der Waals surface area contributed by atoms with Crippen LogP contribution in [0.4, 0.5) is 8.78 Å². The van der Waals surface area contributed by atoms with Crippen molar-refractivity contribution in [2.75, 3.05) is 0 Å². The third kappa shape index (κ3) is 6.50. The Hall–Kier alpha value is -1.81. The van der Waals surface area contributed by atoms with Gasteiger partial charge in [0.15, 0.2) is 16.6 Å². The summed E-state index contributed by atoms with van der Waals surface area (Å²) in [5.74, 6) is 0.459. The van der Waals surface area contributed by atoms with Crippen LogP contribution in [0.1, 0.15) is 119 Å². The standard InChI is InChI=1S/C31H40F2OS/c1-3-5-21-7-11-23(12-8-21)24-15-17-26(18-16-24)31(35)34-28-20-19-27(29(32)30(28)33)25-13-9-22(6-4-2)10-14-25/h15-23,25H,3-14H2,1-2H3. The summed E-state index contributed by atoms with van der Waals surface area (Å²) in [5.41, 5.74) is 2.54. The molecule has 2 aliphatic rings. The highest BCUT2D eigenvalue weighted by Crippen LogP contribution is 2.40. The molecule has 0 radical (unpaired) electrons. The van der Waals surface area contributed by atoms with Crippen molar-refractivity contribution in [3.63, 3.8) is 0 Å². The lowest BCUT2D eigenvalue weighted by atomic mass is 9.77. The fraction of sp³-hybridized carbons (Fsp3) is 0.581. The number of rotatable bonds is 8. The van der Waals surface area contributed by atoms with E-state index in [0.717, 1.165) is 43.1 Å². The molecule has 2 fully saturated rings. The van der Waals surface area contributed by atoms with Crippen LogP contribution in [0.2, 0.25) is 0 Å². The van der Waals surface area contributed by atoms with E-state index in [4.69, 9.17) is 17.0 Å². The highest BCUT2D eigenvalue weighted by Gasteiger charge is 2.27. The molecule has 0 aromatic heterocycles. The maximum absolute atomic E-state index is 15.0. The van der Waals surface area contributed by atoms with Gasteiger partial charge in [-0.25, -0.2) is 4.39 Å². The molecule has 4 heteroatoms. The lowest BCUT2D eigenvalue weighted by Crippen LogP contribution is -2.15. The average Bonchev–Trinajstić information content (AvgIpc) is 2.88. The molecule has 2 aromatic carbocycles. The molecule has 2 saturated carbocycles. The average molecular weight is 499 g/mol. The summed E-state index contributed by atoms with van der Waals surface area (Å²) in [4.78, 5) is 0. The molecule has 0 saturated heterocycles. The fourth-order valence-corrected chi connectivity index (χ4v) is 6.58. The molecular formula is C31H40F2OS. The van der Waals surface area contributed by atoms with Gasteiger partial charge in [-0.15, -0.1) is 0 Å². The summed E-state index contributed by atoms with van der Waals surface area (Å²) in [7, 11) is 0. The third-order valence-electron chi connectivity index (χ3n) is 8.42.